The highest BCUT2D eigenvalue weighted by Gasteiger charge is 2.04. The van der Waals surface area contributed by atoms with Gasteiger partial charge in [0.2, 0.25) is 0 Å². The van der Waals surface area contributed by atoms with Gasteiger partial charge in [0.15, 0.2) is 0 Å². The van der Waals surface area contributed by atoms with E-state index in [1.807, 2.05) is 6.07 Å². The van der Waals surface area contributed by atoms with Crippen LogP contribution in [-0.2, 0) is 12.8 Å². The van der Waals surface area contributed by atoms with Crippen molar-refractivity contribution in [3.63, 3.8) is 0 Å². The summed E-state index contributed by atoms with van der Waals surface area (Å²) in [4.78, 5) is 3.94. The molecule has 1 aromatic carbocycles. The average Bonchev–Trinajstić information content (AvgIpc) is 2.63. The van der Waals surface area contributed by atoms with Crippen LogP contribution in [0.1, 0.15) is 11.3 Å². The van der Waals surface area contributed by atoms with E-state index in [1.165, 1.54) is 12.3 Å². The van der Waals surface area contributed by atoms with Crippen LogP contribution < -0.4 is 5.73 Å². The molecule has 0 amide bonds. The Morgan fingerprint density at radius 1 is 1.27 bits per heavy atom. The minimum Gasteiger partial charge on any atom is -0.432 e. The van der Waals surface area contributed by atoms with Gasteiger partial charge in [-0.15, -0.1) is 0 Å². The zero-order chi connectivity index (χ0) is 10.7. The zero-order valence-corrected chi connectivity index (χ0v) is 8.11. The number of aryl methyl sites for hydroxylation is 2. The predicted molar refractivity (Wildman–Crippen MR) is 54.7 cm³/mol. The first-order valence-corrected chi connectivity index (χ1v) is 4.69. The second-order valence-electron chi connectivity index (χ2n) is 3.27. The summed E-state index contributed by atoms with van der Waals surface area (Å²) in [6.45, 7) is 0. The molecule has 0 radical (unpaired) electrons. The summed E-state index contributed by atoms with van der Waals surface area (Å²) in [5.74, 6) is -0.186. The lowest BCUT2D eigenvalue weighted by atomic mass is 10.1. The van der Waals surface area contributed by atoms with Crippen LogP contribution in [0.25, 0.3) is 0 Å². The van der Waals surface area contributed by atoms with E-state index in [9.17, 15) is 4.39 Å². The van der Waals surface area contributed by atoms with Crippen LogP contribution in [0.4, 0.5) is 10.4 Å². The monoisotopic (exact) mass is 206 g/mol. The Kier molecular flexibility index (Phi) is 2.67. The number of oxazole rings is 1. The molecule has 2 aromatic rings. The molecule has 1 aromatic heterocycles. The normalized spacial score (nSPS) is 10.5. The molecule has 0 saturated heterocycles. The molecule has 0 fully saturated rings. The fourth-order valence-corrected chi connectivity index (χ4v) is 1.40. The zero-order valence-electron chi connectivity index (χ0n) is 8.11. The highest BCUT2D eigenvalue weighted by atomic mass is 19.1. The highest BCUT2D eigenvalue weighted by Crippen LogP contribution is 2.11. The van der Waals surface area contributed by atoms with E-state index in [2.05, 4.69) is 4.98 Å². The Bertz CT molecular complexity index is 453. The summed E-state index contributed by atoms with van der Waals surface area (Å²) < 4.78 is 18.1. The third-order valence-corrected chi connectivity index (χ3v) is 2.18. The molecule has 15 heavy (non-hydrogen) atoms. The van der Waals surface area contributed by atoms with Gasteiger partial charge in [-0.1, -0.05) is 18.2 Å². The number of halogens is 1. The fourth-order valence-electron chi connectivity index (χ4n) is 1.40. The van der Waals surface area contributed by atoms with Gasteiger partial charge in [0, 0.05) is 0 Å². The Morgan fingerprint density at radius 3 is 2.73 bits per heavy atom. The topological polar surface area (TPSA) is 52.0 Å². The summed E-state index contributed by atoms with van der Waals surface area (Å²) >= 11 is 0. The third-order valence-electron chi connectivity index (χ3n) is 2.18. The molecule has 0 aliphatic rings. The second kappa shape index (κ2) is 4.13. The first-order valence-electron chi connectivity index (χ1n) is 4.69. The summed E-state index contributed by atoms with van der Waals surface area (Å²) in [6, 6.07) is 6.85. The number of hydrogen-bond acceptors (Lipinski definition) is 3. The van der Waals surface area contributed by atoms with E-state index in [0.717, 1.165) is 5.69 Å². The van der Waals surface area contributed by atoms with Crippen LogP contribution in [-0.4, -0.2) is 4.98 Å². The van der Waals surface area contributed by atoms with Crippen molar-refractivity contribution in [3.8, 4) is 0 Å². The molecule has 3 nitrogen and oxygen atoms in total. The fraction of sp³-hybridized carbons (Fsp3) is 0.182. The Hall–Kier alpha value is -1.84. The van der Waals surface area contributed by atoms with Crippen molar-refractivity contribution >= 4 is 6.01 Å². The molecule has 0 spiro atoms. The molecule has 4 heteroatoms. The number of anilines is 1. The van der Waals surface area contributed by atoms with Crippen molar-refractivity contribution in [3.05, 3.63) is 47.6 Å². The van der Waals surface area contributed by atoms with Crippen LogP contribution in [0.15, 0.2) is 34.9 Å². The van der Waals surface area contributed by atoms with Crippen molar-refractivity contribution in [1.29, 1.82) is 0 Å². The van der Waals surface area contributed by atoms with E-state index >= 15 is 0 Å². The number of hydrogen-bond donors (Lipinski definition) is 1. The first-order chi connectivity index (χ1) is 7.25. The maximum absolute atomic E-state index is 13.2. The standard InChI is InChI=1S/C11H11FN2O/c12-10-4-2-1-3-8(10)5-6-9-7-15-11(13)14-9/h1-4,7H,5-6H2,(H2,13,14). The number of aromatic nitrogens is 1. The van der Waals surface area contributed by atoms with Crippen molar-refractivity contribution < 1.29 is 8.81 Å². The molecule has 2 N–H and O–H groups in total. The molecular weight excluding hydrogens is 195 g/mol. The molecule has 1 heterocycles. The maximum Gasteiger partial charge on any atom is 0.292 e. The second-order valence-corrected chi connectivity index (χ2v) is 3.27. The van der Waals surface area contributed by atoms with Gasteiger partial charge in [-0.05, 0) is 24.5 Å². The van der Waals surface area contributed by atoms with Gasteiger partial charge >= 0.3 is 0 Å². The number of nitrogens with two attached hydrogens (primary N) is 1. The largest absolute Gasteiger partial charge is 0.432 e. The van der Waals surface area contributed by atoms with Crippen LogP contribution in [0, 0.1) is 5.82 Å². The molecular formula is C11H11FN2O. The number of nitrogen functional groups attached to an aromatic ring is 1. The number of nitrogens with zero attached hydrogens (tertiary/aromatic N) is 1. The lowest BCUT2D eigenvalue weighted by molar-refractivity contribution is 0.577. The lowest BCUT2D eigenvalue weighted by Crippen LogP contribution is -1.95. The SMILES string of the molecule is Nc1nc(CCc2ccccc2F)co1. The summed E-state index contributed by atoms with van der Waals surface area (Å²) in [5.41, 5.74) is 6.75. The molecule has 0 aliphatic heterocycles. The van der Waals surface area contributed by atoms with E-state index in [0.29, 0.717) is 18.4 Å². The Morgan fingerprint density at radius 2 is 2.07 bits per heavy atom. The minimum atomic E-state index is -0.186. The van der Waals surface area contributed by atoms with Gasteiger partial charge in [-0.25, -0.2) is 4.39 Å². The van der Waals surface area contributed by atoms with E-state index in [-0.39, 0.29) is 11.8 Å². The van der Waals surface area contributed by atoms with Gasteiger partial charge in [-0.2, -0.15) is 4.98 Å². The van der Waals surface area contributed by atoms with Crippen LogP contribution in [0.2, 0.25) is 0 Å². The van der Waals surface area contributed by atoms with Crippen LogP contribution in [0.3, 0.4) is 0 Å². The summed E-state index contributed by atoms with van der Waals surface area (Å²) in [5, 5.41) is 0. The molecule has 0 unspecified atom stereocenters. The van der Waals surface area contributed by atoms with Crippen molar-refractivity contribution in [2.45, 2.75) is 12.8 Å². The molecule has 0 saturated carbocycles. The van der Waals surface area contributed by atoms with Gasteiger partial charge in [0.1, 0.15) is 12.1 Å². The third kappa shape index (κ3) is 2.34. The lowest BCUT2D eigenvalue weighted by Gasteiger charge is -1.99. The van der Waals surface area contributed by atoms with Crippen molar-refractivity contribution in [2.75, 3.05) is 5.73 Å². The smallest absolute Gasteiger partial charge is 0.292 e. The highest BCUT2D eigenvalue weighted by molar-refractivity contribution is 5.19. The van der Waals surface area contributed by atoms with Crippen molar-refractivity contribution in [2.24, 2.45) is 0 Å². The van der Waals surface area contributed by atoms with E-state index in [4.69, 9.17) is 10.2 Å². The minimum absolute atomic E-state index is 0.151. The van der Waals surface area contributed by atoms with Gasteiger partial charge in [-0.3, -0.25) is 0 Å². The predicted octanol–water partition coefficient (Wildman–Crippen LogP) is 2.18. The van der Waals surface area contributed by atoms with E-state index in [1.54, 1.807) is 12.1 Å². The van der Waals surface area contributed by atoms with Gasteiger partial charge < -0.3 is 10.2 Å². The molecule has 2 rings (SSSR count). The first kappa shape index (κ1) is 9.71. The Labute approximate surface area is 86.7 Å². The summed E-state index contributed by atoms with van der Waals surface area (Å²) in [6.07, 6.45) is 2.72. The number of rotatable bonds is 3. The van der Waals surface area contributed by atoms with Gasteiger partial charge in [0.25, 0.3) is 6.01 Å². The maximum atomic E-state index is 13.2. The van der Waals surface area contributed by atoms with Crippen LogP contribution >= 0.6 is 0 Å². The quantitative estimate of drug-likeness (QED) is 0.837. The average molecular weight is 206 g/mol. The molecule has 78 valence electrons. The Balaban J connectivity index is 2.02. The van der Waals surface area contributed by atoms with Crippen molar-refractivity contribution in [1.82, 2.24) is 4.98 Å². The molecule has 0 atom stereocenters. The molecule has 0 aliphatic carbocycles. The number of benzene rings is 1. The van der Waals surface area contributed by atoms with Gasteiger partial charge in [0.05, 0.1) is 5.69 Å². The summed E-state index contributed by atoms with van der Waals surface area (Å²) in [7, 11) is 0. The molecule has 0 bridgehead atoms. The van der Waals surface area contributed by atoms with Crippen LogP contribution in [0.5, 0.6) is 0 Å². The van der Waals surface area contributed by atoms with E-state index < -0.39 is 0 Å².